The number of benzene rings is 2. The molecule has 6 nitrogen and oxygen atoms in total. The van der Waals surface area contributed by atoms with Crippen LogP contribution in [0.15, 0.2) is 59.6 Å². The van der Waals surface area contributed by atoms with Crippen LogP contribution in [-0.2, 0) is 9.84 Å². The number of nitrogens with one attached hydrogen (secondary N) is 1. The average Bonchev–Trinajstić information content (AvgIpc) is 3.00. The standard InChI is InChI=1S/C15H13N3O3S/c1-22(19,20)14-7-5-11(6-8-14)12-3-2-4-13(9-12)21-15-10-16-18-17-15/h2-10H,1H3,(H,16,17,18). The first-order valence-electron chi connectivity index (χ1n) is 6.46. The van der Waals surface area contributed by atoms with Gasteiger partial charge < -0.3 is 4.74 Å². The van der Waals surface area contributed by atoms with Gasteiger partial charge in [0.2, 0.25) is 0 Å². The van der Waals surface area contributed by atoms with Crippen molar-refractivity contribution in [2.45, 2.75) is 4.90 Å². The van der Waals surface area contributed by atoms with Crippen molar-refractivity contribution in [3.05, 3.63) is 54.7 Å². The molecule has 0 spiro atoms. The topological polar surface area (TPSA) is 84.9 Å². The molecule has 3 rings (SSSR count). The predicted molar refractivity (Wildman–Crippen MR) is 81.4 cm³/mol. The molecule has 1 N–H and O–H groups in total. The Morgan fingerprint density at radius 1 is 1.05 bits per heavy atom. The molecule has 0 unspecified atom stereocenters. The number of ether oxygens (including phenoxy) is 1. The third kappa shape index (κ3) is 3.15. The van der Waals surface area contributed by atoms with Crippen LogP contribution in [0.3, 0.4) is 0 Å². The maximum Gasteiger partial charge on any atom is 0.258 e. The minimum atomic E-state index is -3.19. The SMILES string of the molecule is CS(=O)(=O)c1ccc(-c2cccc(Oc3cn[nH]n3)c2)cc1. The molecule has 0 saturated carbocycles. The summed E-state index contributed by atoms with van der Waals surface area (Å²) >= 11 is 0. The number of aromatic nitrogens is 3. The fraction of sp³-hybridized carbons (Fsp3) is 0.0667. The van der Waals surface area contributed by atoms with Crippen molar-refractivity contribution in [1.82, 2.24) is 15.4 Å². The van der Waals surface area contributed by atoms with Gasteiger partial charge in [-0.15, -0.1) is 5.10 Å². The molecule has 0 fully saturated rings. The molecular formula is C15H13N3O3S. The minimum absolute atomic E-state index is 0.297. The predicted octanol–water partition coefficient (Wildman–Crippen LogP) is 2.67. The van der Waals surface area contributed by atoms with Crippen molar-refractivity contribution in [1.29, 1.82) is 0 Å². The van der Waals surface area contributed by atoms with Crippen LogP contribution in [-0.4, -0.2) is 30.1 Å². The third-order valence-electron chi connectivity index (χ3n) is 3.07. The Kier molecular flexibility index (Phi) is 3.64. The molecule has 0 aliphatic rings. The molecule has 0 aliphatic carbocycles. The zero-order valence-corrected chi connectivity index (χ0v) is 12.5. The van der Waals surface area contributed by atoms with Gasteiger partial charge in [0.05, 0.1) is 4.90 Å². The van der Waals surface area contributed by atoms with E-state index in [4.69, 9.17) is 4.74 Å². The van der Waals surface area contributed by atoms with Crippen molar-refractivity contribution in [3.8, 4) is 22.8 Å². The highest BCUT2D eigenvalue weighted by molar-refractivity contribution is 7.90. The van der Waals surface area contributed by atoms with Crippen molar-refractivity contribution in [3.63, 3.8) is 0 Å². The highest BCUT2D eigenvalue weighted by Crippen LogP contribution is 2.27. The molecule has 0 amide bonds. The molecule has 3 aromatic rings. The van der Waals surface area contributed by atoms with Crippen LogP contribution in [0.1, 0.15) is 0 Å². The Morgan fingerprint density at radius 2 is 1.82 bits per heavy atom. The molecule has 0 atom stereocenters. The maximum absolute atomic E-state index is 11.5. The van der Waals surface area contributed by atoms with E-state index in [0.29, 0.717) is 16.5 Å². The van der Waals surface area contributed by atoms with Gasteiger partial charge in [-0.05, 0) is 35.4 Å². The zero-order chi connectivity index (χ0) is 15.6. The van der Waals surface area contributed by atoms with Crippen molar-refractivity contribution >= 4 is 9.84 Å². The van der Waals surface area contributed by atoms with Gasteiger partial charge >= 0.3 is 0 Å². The van der Waals surface area contributed by atoms with E-state index >= 15 is 0 Å². The summed E-state index contributed by atoms with van der Waals surface area (Å²) in [6.07, 6.45) is 2.67. The number of H-pyrrole nitrogens is 1. The first-order valence-corrected chi connectivity index (χ1v) is 8.36. The summed E-state index contributed by atoms with van der Waals surface area (Å²) in [5, 5.41) is 9.98. The molecule has 1 heterocycles. The Hall–Kier alpha value is -2.67. The number of hydrogen-bond donors (Lipinski definition) is 1. The number of hydrogen-bond acceptors (Lipinski definition) is 5. The van der Waals surface area contributed by atoms with Gasteiger partial charge in [-0.25, -0.2) is 8.42 Å². The van der Waals surface area contributed by atoms with Crippen molar-refractivity contribution in [2.24, 2.45) is 0 Å². The van der Waals surface area contributed by atoms with E-state index in [1.54, 1.807) is 24.3 Å². The van der Waals surface area contributed by atoms with Gasteiger partial charge in [0.1, 0.15) is 11.9 Å². The van der Waals surface area contributed by atoms with Gasteiger partial charge in [0.15, 0.2) is 9.84 Å². The largest absolute Gasteiger partial charge is 0.436 e. The van der Waals surface area contributed by atoms with E-state index in [1.807, 2.05) is 24.3 Å². The number of rotatable bonds is 4. The highest BCUT2D eigenvalue weighted by Gasteiger charge is 2.07. The van der Waals surface area contributed by atoms with E-state index in [0.717, 1.165) is 11.1 Å². The lowest BCUT2D eigenvalue weighted by atomic mass is 10.1. The summed E-state index contributed by atoms with van der Waals surface area (Å²) in [6, 6.07) is 14.2. The molecule has 0 aliphatic heterocycles. The summed E-state index contributed by atoms with van der Waals surface area (Å²) in [5.41, 5.74) is 1.82. The molecule has 0 radical (unpaired) electrons. The Bertz CT molecular complexity index is 873. The molecular weight excluding hydrogens is 302 g/mol. The van der Waals surface area contributed by atoms with Gasteiger partial charge in [-0.3, -0.25) is 0 Å². The Balaban J connectivity index is 1.89. The Morgan fingerprint density at radius 3 is 2.45 bits per heavy atom. The monoisotopic (exact) mass is 315 g/mol. The summed E-state index contributed by atoms with van der Waals surface area (Å²) in [4.78, 5) is 0.297. The lowest BCUT2D eigenvalue weighted by Gasteiger charge is -2.06. The second-order valence-electron chi connectivity index (χ2n) is 4.73. The summed E-state index contributed by atoms with van der Waals surface area (Å²) in [5.74, 6) is 1.00. The van der Waals surface area contributed by atoms with Crippen molar-refractivity contribution < 1.29 is 13.2 Å². The molecule has 112 valence electrons. The lowest BCUT2D eigenvalue weighted by molar-refractivity contribution is 0.462. The van der Waals surface area contributed by atoms with E-state index in [1.165, 1.54) is 12.5 Å². The molecule has 7 heteroatoms. The fourth-order valence-corrected chi connectivity index (χ4v) is 2.63. The molecule has 2 aromatic carbocycles. The quantitative estimate of drug-likeness (QED) is 0.800. The zero-order valence-electron chi connectivity index (χ0n) is 11.7. The second kappa shape index (κ2) is 5.61. The minimum Gasteiger partial charge on any atom is -0.436 e. The molecule has 0 saturated heterocycles. The number of aromatic amines is 1. The van der Waals surface area contributed by atoms with Crippen LogP contribution < -0.4 is 4.74 Å². The van der Waals surface area contributed by atoms with Crippen LogP contribution in [0.5, 0.6) is 11.6 Å². The normalized spacial score (nSPS) is 11.3. The van der Waals surface area contributed by atoms with Crippen molar-refractivity contribution in [2.75, 3.05) is 6.26 Å². The van der Waals surface area contributed by atoms with E-state index < -0.39 is 9.84 Å². The molecule has 0 bridgehead atoms. The van der Waals surface area contributed by atoms with Crippen LogP contribution in [0.25, 0.3) is 11.1 Å². The smallest absolute Gasteiger partial charge is 0.258 e. The van der Waals surface area contributed by atoms with Gasteiger partial charge in [0, 0.05) is 6.26 Å². The Labute approximate surface area is 127 Å². The number of sulfone groups is 1. The van der Waals surface area contributed by atoms with Crippen LogP contribution in [0, 0.1) is 0 Å². The highest BCUT2D eigenvalue weighted by atomic mass is 32.2. The third-order valence-corrected chi connectivity index (χ3v) is 4.19. The van der Waals surface area contributed by atoms with Gasteiger partial charge in [-0.1, -0.05) is 24.3 Å². The molecule has 22 heavy (non-hydrogen) atoms. The fourth-order valence-electron chi connectivity index (χ4n) is 1.99. The summed E-state index contributed by atoms with van der Waals surface area (Å²) < 4.78 is 28.5. The van der Waals surface area contributed by atoms with E-state index in [2.05, 4.69) is 15.4 Å². The first kappa shape index (κ1) is 14.3. The number of nitrogens with zero attached hydrogens (tertiary/aromatic N) is 2. The van der Waals surface area contributed by atoms with Gasteiger partial charge in [0.25, 0.3) is 5.88 Å². The van der Waals surface area contributed by atoms with Crippen LogP contribution in [0.4, 0.5) is 0 Å². The maximum atomic E-state index is 11.5. The van der Waals surface area contributed by atoms with Crippen LogP contribution in [0.2, 0.25) is 0 Å². The van der Waals surface area contributed by atoms with E-state index in [-0.39, 0.29) is 0 Å². The van der Waals surface area contributed by atoms with Gasteiger partial charge in [-0.2, -0.15) is 10.3 Å². The average molecular weight is 315 g/mol. The lowest BCUT2D eigenvalue weighted by Crippen LogP contribution is -1.96. The first-order chi connectivity index (χ1) is 10.5. The summed E-state index contributed by atoms with van der Waals surface area (Å²) in [7, 11) is -3.19. The summed E-state index contributed by atoms with van der Waals surface area (Å²) in [6.45, 7) is 0. The molecule has 1 aromatic heterocycles. The second-order valence-corrected chi connectivity index (χ2v) is 6.75. The van der Waals surface area contributed by atoms with E-state index in [9.17, 15) is 8.42 Å². The van der Waals surface area contributed by atoms with Crippen LogP contribution >= 0.6 is 0 Å².